The van der Waals surface area contributed by atoms with E-state index in [1.807, 2.05) is 36.2 Å². The summed E-state index contributed by atoms with van der Waals surface area (Å²) in [6, 6.07) is 7.46. The molecule has 0 unspecified atom stereocenters. The van der Waals surface area contributed by atoms with Crippen LogP contribution in [0.1, 0.15) is 10.4 Å². The summed E-state index contributed by atoms with van der Waals surface area (Å²) in [5.74, 6) is 0.587. The first-order chi connectivity index (χ1) is 9.11. The molecular formula is C14H16N4O. The fourth-order valence-corrected chi connectivity index (χ4v) is 2.17. The summed E-state index contributed by atoms with van der Waals surface area (Å²) in [7, 11) is 5.28. The molecule has 1 aliphatic heterocycles. The number of carbonyl (C=O) groups excluding carboxylic acids is 1. The van der Waals surface area contributed by atoms with Crippen molar-refractivity contribution >= 4 is 24.1 Å². The van der Waals surface area contributed by atoms with Crippen molar-refractivity contribution < 1.29 is 4.79 Å². The molecule has 5 nitrogen and oxygen atoms in total. The van der Waals surface area contributed by atoms with E-state index >= 15 is 0 Å². The Morgan fingerprint density at radius 3 is 2.53 bits per heavy atom. The highest BCUT2D eigenvalue weighted by molar-refractivity contribution is 6.17. The molecule has 0 N–H and O–H groups in total. The zero-order chi connectivity index (χ0) is 14.0. The second-order valence-electron chi connectivity index (χ2n) is 4.18. The van der Waals surface area contributed by atoms with Crippen molar-refractivity contribution in [1.29, 1.82) is 0 Å². The summed E-state index contributed by atoms with van der Waals surface area (Å²) >= 11 is 0. The Bertz CT molecular complexity index is 589. The molecule has 0 spiro atoms. The number of carbonyl (C=O) groups is 1. The molecule has 0 aromatic heterocycles. The zero-order valence-corrected chi connectivity index (χ0v) is 11.3. The first kappa shape index (κ1) is 13.0. The second-order valence-corrected chi connectivity index (χ2v) is 4.18. The molecule has 1 aliphatic rings. The van der Waals surface area contributed by atoms with Crippen LogP contribution in [0, 0.1) is 0 Å². The number of para-hydroxylation sites is 1. The normalized spacial score (nSPS) is 19.6. The lowest BCUT2D eigenvalue weighted by molar-refractivity contribution is 0.0845. The van der Waals surface area contributed by atoms with Gasteiger partial charge < -0.3 is 9.80 Å². The van der Waals surface area contributed by atoms with E-state index in [2.05, 4.69) is 16.7 Å². The van der Waals surface area contributed by atoms with Crippen molar-refractivity contribution in [2.45, 2.75) is 0 Å². The number of likely N-dealkylation sites (N-methyl/N-ethyl adjacent to an activating group) is 2. The topological polar surface area (TPSA) is 48.3 Å². The van der Waals surface area contributed by atoms with Crippen LogP contribution in [0.15, 0.2) is 46.1 Å². The van der Waals surface area contributed by atoms with Crippen LogP contribution in [0.2, 0.25) is 0 Å². The third kappa shape index (κ3) is 2.03. The molecule has 1 amide bonds. The van der Waals surface area contributed by atoms with Gasteiger partial charge in [0.25, 0.3) is 5.91 Å². The fraction of sp³-hybridized carbons (Fsp3) is 0.214. The van der Waals surface area contributed by atoms with Gasteiger partial charge in [-0.25, -0.2) is 0 Å². The zero-order valence-electron chi connectivity index (χ0n) is 11.3. The van der Waals surface area contributed by atoms with E-state index in [-0.39, 0.29) is 5.91 Å². The monoisotopic (exact) mass is 256 g/mol. The van der Waals surface area contributed by atoms with Crippen LogP contribution in [0.3, 0.4) is 0 Å². The Labute approximate surface area is 112 Å². The molecule has 0 radical (unpaired) electrons. The number of rotatable bonds is 1. The molecule has 98 valence electrons. The molecule has 1 aromatic rings. The lowest BCUT2D eigenvalue weighted by atomic mass is 10.1. The van der Waals surface area contributed by atoms with Gasteiger partial charge in [0.15, 0.2) is 5.84 Å². The number of nitrogens with zero attached hydrogens (tertiary/aromatic N) is 4. The molecule has 5 heteroatoms. The molecule has 0 saturated carbocycles. The minimum absolute atomic E-state index is 0.0870. The van der Waals surface area contributed by atoms with Gasteiger partial charge in [0.05, 0.1) is 17.5 Å². The van der Waals surface area contributed by atoms with Crippen molar-refractivity contribution in [3.05, 3.63) is 41.7 Å². The Morgan fingerprint density at radius 1 is 1.21 bits per heavy atom. The van der Waals surface area contributed by atoms with Crippen molar-refractivity contribution in [2.75, 3.05) is 26.0 Å². The van der Waals surface area contributed by atoms with Gasteiger partial charge in [0.2, 0.25) is 0 Å². The summed E-state index contributed by atoms with van der Waals surface area (Å²) in [6.45, 7) is 3.45. The lowest BCUT2D eigenvalue weighted by Gasteiger charge is -2.22. The van der Waals surface area contributed by atoms with E-state index in [0.717, 1.165) is 5.69 Å². The maximum absolute atomic E-state index is 12.5. The first-order valence-corrected chi connectivity index (χ1v) is 5.85. The number of anilines is 1. The van der Waals surface area contributed by atoms with Gasteiger partial charge >= 0.3 is 0 Å². The van der Waals surface area contributed by atoms with Crippen molar-refractivity contribution in [3.8, 4) is 0 Å². The number of aliphatic imine (C=N–C) groups is 2. The standard InChI is InChI=1S/C14H16N4O/c1-15-9-12-13(16-2)17(3)11-8-6-5-7-10(11)14(19)18(12)4/h5-9H,1H2,2-4H3/b12-9+,16-13+. The molecule has 19 heavy (non-hydrogen) atoms. The largest absolute Gasteiger partial charge is 0.327 e. The summed E-state index contributed by atoms with van der Waals surface area (Å²) in [5.41, 5.74) is 2.09. The van der Waals surface area contributed by atoms with Crippen LogP contribution in [0.25, 0.3) is 0 Å². The SMILES string of the molecule is C=N/C=C1\C(=N/C)N(C)c2ccccc2C(=O)N1C. The number of fused-ring (bicyclic) bond motifs is 1. The van der Waals surface area contributed by atoms with Gasteiger partial charge in [-0.3, -0.25) is 14.8 Å². The summed E-state index contributed by atoms with van der Waals surface area (Å²) in [4.78, 5) is 23.9. The molecular weight excluding hydrogens is 240 g/mol. The summed E-state index contributed by atoms with van der Waals surface area (Å²) < 4.78 is 0. The maximum Gasteiger partial charge on any atom is 0.260 e. The molecule has 0 fully saturated rings. The quantitative estimate of drug-likeness (QED) is 0.719. The minimum Gasteiger partial charge on any atom is -0.327 e. The Morgan fingerprint density at radius 2 is 1.89 bits per heavy atom. The van der Waals surface area contributed by atoms with Gasteiger partial charge in [-0.2, -0.15) is 0 Å². The average Bonchev–Trinajstić information content (AvgIpc) is 2.51. The molecule has 0 atom stereocenters. The van der Waals surface area contributed by atoms with E-state index in [1.54, 1.807) is 25.2 Å². The molecule has 0 saturated heterocycles. The van der Waals surface area contributed by atoms with Gasteiger partial charge in [0, 0.05) is 21.1 Å². The summed E-state index contributed by atoms with van der Waals surface area (Å²) in [6.07, 6.45) is 1.54. The smallest absolute Gasteiger partial charge is 0.260 e. The van der Waals surface area contributed by atoms with E-state index in [0.29, 0.717) is 17.1 Å². The van der Waals surface area contributed by atoms with E-state index < -0.39 is 0 Å². The maximum atomic E-state index is 12.5. The molecule has 0 aliphatic carbocycles. The van der Waals surface area contributed by atoms with Gasteiger partial charge in [0.1, 0.15) is 5.70 Å². The number of hydrogen-bond acceptors (Lipinski definition) is 3. The third-order valence-electron chi connectivity index (χ3n) is 3.13. The Balaban J connectivity index is 2.71. The number of amides is 1. The third-order valence-corrected chi connectivity index (χ3v) is 3.13. The molecule has 2 rings (SSSR count). The highest BCUT2D eigenvalue weighted by Gasteiger charge is 2.29. The Kier molecular flexibility index (Phi) is 3.46. The van der Waals surface area contributed by atoms with E-state index in [4.69, 9.17) is 0 Å². The fourth-order valence-electron chi connectivity index (χ4n) is 2.17. The number of benzene rings is 1. The first-order valence-electron chi connectivity index (χ1n) is 5.85. The number of amidine groups is 1. The Hall–Kier alpha value is -2.43. The van der Waals surface area contributed by atoms with Crippen LogP contribution in [0.5, 0.6) is 0 Å². The van der Waals surface area contributed by atoms with Gasteiger partial charge in [-0.15, -0.1) is 0 Å². The highest BCUT2D eigenvalue weighted by Crippen LogP contribution is 2.28. The van der Waals surface area contributed by atoms with E-state index in [1.165, 1.54) is 0 Å². The molecule has 1 heterocycles. The predicted molar refractivity (Wildman–Crippen MR) is 77.9 cm³/mol. The van der Waals surface area contributed by atoms with Crippen LogP contribution in [-0.2, 0) is 0 Å². The van der Waals surface area contributed by atoms with Crippen LogP contribution in [-0.4, -0.2) is 44.5 Å². The molecule has 1 aromatic carbocycles. The van der Waals surface area contributed by atoms with Crippen LogP contribution in [0.4, 0.5) is 5.69 Å². The predicted octanol–water partition coefficient (Wildman–Crippen LogP) is 1.78. The van der Waals surface area contributed by atoms with Crippen LogP contribution < -0.4 is 4.90 Å². The number of hydrogen-bond donors (Lipinski definition) is 0. The lowest BCUT2D eigenvalue weighted by Crippen LogP contribution is -2.33. The molecule has 0 bridgehead atoms. The van der Waals surface area contributed by atoms with E-state index in [9.17, 15) is 4.79 Å². The minimum atomic E-state index is -0.0870. The van der Waals surface area contributed by atoms with Gasteiger partial charge in [-0.05, 0) is 18.9 Å². The summed E-state index contributed by atoms with van der Waals surface area (Å²) in [5, 5.41) is 0. The average molecular weight is 256 g/mol. The van der Waals surface area contributed by atoms with Gasteiger partial charge in [-0.1, -0.05) is 12.1 Å². The van der Waals surface area contributed by atoms with Crippen molar-refractivity contribution in [1.82, 2.24) is 4.90 Å². The van der Waals surface area contributed by atoms with Crippen LogP contribution >= 0.6 is 0 Å². The second kappa shape index (κ2) is 5.06. The van der Waals surface area contributed by atoms with Crippen molar-refractivity contribution in [3.63, 3.8) is 0 Å². The van der Waals surface area contributed by atoms with Crippen molar-refractivity contribution in [2.24, 2.45) is 9.98 Å². The highest BCUT2D eigenvalue weighted by atomic mass is 16.2.